The molecule has 1 unspecified atom stereocenters. The van der Waals surface area contributed by atoms with Crippen molar-refractivity contribution in [1.29, 1.82) is 0 Å². The number of aliphatic hydroxyl groups excluding tert-OH is 1. The smallest absolute Gasteiger partial charge is 0.416 e. The van der Waals surface area contributed by atoms with Gasteiger partial charge in [0.2, 0.25) is 0 Å². The minimum Gasteiger partial charge on any atom is -0.508 e. The quantitative estimate of drug-likeness (QED) is 0.682. The van der Waals surface area contributed by atoms with Crippen molar-refractivity contribution in [1.82, 2.24) is 9.78 Å². The van der Waals surface area contributed by atoms with E-state index in [0.29, 0.717) is 11.3 Å². The minimum absolute atomic E-state index is 0.0246. The van der Waals surface area contributed by atoms with Crippen LogP contribution in [0.3, 0.4) is 0 Å². The van der Waals surface area contributed by atoms with Gasteiger partial charge in [0.1, 0.15) is 17.7 Å². The van der Waals surface area contributed by atoms with E-state index in [9.17, 15) is 27.8 Å². The predicted molar refractivity (Wildman–Crippen MR) is 85.7 cm³/mol. The zero-order valence-corrected chi connectivity index (χ0v) is 13.3. The average molecular weight is 366 g/mol. The van der Waals surface area contributed by atoms with Crippen molar-refractivity contribution in [3.8, 4) is 17.0 Å². The first-order valence-electron chi connectivity index (χ1n) is 7.61. The highest BCUT2D eigenvalue weighted by Gasteiger charge is 2.30. The summed E-state index contributed by atoms with van der Waals surface area (Å²) in [5.41, 5.74) is 0.184. The fourth-order valence-corrected chi connectivity index (χ4v) is 2.52. The Labute approximate surface area is 145 Å². The molecule has 2 N–H and O–H groups in total. The lowest BCUT2D eigenvalue weighted by atomic mass is 10.1. The molecule has 3 rings (SSSR count). The summed E-state index contributed by atoms with van der Waals surface area (Å²) < 4.78 is 52.4. The maximum Gasteiger partial charge on any atom is 0.416 e. The summed E-state index contributed by atoms with van der Waals surface area (Å²) in [7, 11) is 0. The third-order valence-electron chi connectivity index (χ3n) is 3.86. The van der Waals surface area contributed by atoms with Gasteiger partial charge < -0.3 is 10.2 Å². The number of hydrogen-bond donors (Lipinski definition) is 2. The lowest BCUT2D eigenvalue weighted by Crippen LogP contribution is -2.10. The second-order valence-corrected chi connectivity index (χ2v) is 5.72. The van der Waals surface area contributed by atoms with Gasteiger partial charge in [0, 0.05) is 17.3 Å². The van der Waals surface area contributed by atoms with Gasteiger partial charge in [0.15, 0.2) is 0 Å². The van der Waals surface area contributed by atoms with Crippen molar-refractivity contribution in [2.45, 2.75) is 18.8 Å². The molecule has 0 saturated heterocycles. The molecular weight excluding hydrogens is 352 g/mol. The minimum atomic E-state index is -4.41. The van der Waals surface area contributed by atoms with Crippen molar-refractivity contribution in [2.24, 2.45) is 0 Å². The number of halogens is 4. The zero-order valence-electron chi connectivity index (χ0n) is 13.3. The molecule has 0 spiro atoms. The van der Waals surface area contributed by atoms with Crippen LogP contribution in [0.4, 0.5) is 17.6 Å². The summed E-state index contributed by atoms with van der Waals surface area (Å²) in [6, 6.07) is 9.38. The fraction of sp³-hybridized carbons (Fsp3) is 0.167. The molecule has 136 valence electrons. The first kappa shape index (κ1) is 17.9. The summed E-state index contributed by atoms with van der Waals surface area (Å²) in [6.45, 7) is -0.0579. The first-order valence-corrected chi connectivity index (χ1v) is 7.61. The number of benzene rings is 2. The van der Waals surface area contributed by atoms with Crippen molar-refractivity contribution in [2.75, 3.05) is 0 Å². The molecule has 0 aliphatic carbocycles. The van der Waals surface area contributed by atoms with Crippen molar-refractivity contribution in [3.05, 3.63) is 71.7 Å². The number of aromatic nitrogens is 2. The van der Waals surface area contributed by atoms with E-state index >= 15 is 0 Å². The standard InChI is InChI=1S/C18H14F4N2O2/c19-13-5-6-16(25)14(9-13)17(26)10-24-8-7-15(23-24)11-1-3-12(4-2-11)18(20,21)22/h1-9,17,25-26H,10H2. The van der Waals surface area contributed by atoms with Gasteiger partial charge in [-0.15, -0.1) is 0 Å². The van der Waals surface area contributed by atoms with Crippen LogP contribution in [0.2, 0.25) is 0 Å². The Morgan fingerprint density at radius 1 is 1.04 bits per heavy atom. The summed E-state index contributed by atoms with van der Waals surface area (Å²) in [6.07, 6.45) is -4.08. The fourth-order valence-electron chi connectivity index (χ4n) is 2.52. The highest BCUT2D eigenvalue weighted by atomic mass is 19.4. The van der Waals surface area contributed by atoms with Crippen LogP contribution in [0.25, 0.3) is 11.3 Å². The Morgan fingerprint density at radius 2 is 1.73 bits per heavy atom. The molecule has 0 aliphatic rings. The Kier molecular flexibility index (Phi) is 4.69. The lowest BCUT2D eigenvalue weighted by Gasteiger charge is -2.13. The number of rotatable bonds is 4. The molecule has 1 aromatic heterocycles. The first-order chi connectivity index (χ1) is 12.2. The maximum absolute atomic E-state index is 13.3. The van der Waals surface area contributed by atoms with Crippen LogP contribution in [0.15, 0.2) is 54.7 Å². The molecule has 0 amide bonds. The molecule has 0 aliphatic heterocycles. The third-order valence-corrected chi connectivity index (χ3v) is 3.86. The van der Waals surface area contributed by atoms with Gasteiger partial charge in [-0.1, -0.05) is 12.1 Å². The van der Waals surface area contributed by atoms with E-state index in [4.69, 9.17) is 0 Å². The van der Waals surface area contributed by atoms with Crippen LogP contribution in [-0.2, 0) is 12.7 Å². The lowest BCUT2D eigenvalue weighted by molar-refractivity contribution is -0.137. The number of aromatic hydroxyl groups is 1. The zero-order chi connectivity index (χ0) is 18.9. The largest absolute Gasteiger partial charge is 0.508 e. The highest BCUT2D eigenvalue weighted by Crippen LogP contribution is 2.31. The van der Waals surface area contributed by atoms with Crippen molar-refractivity contribution in [3.63, 3.8) is 0 Å². The maximum atomic E-state index is 13.3. The molecule has 0 radical (unpaired) electrons. The third kappa shape index (κ3) is 3.85. The van der Waals surface area contributed by atoms with Crippen LogP contribution < -0.4 is 0 Å². The van der Waals surface area contributed by atoms with E-state index in [0.717, 1.165) is 30.3 Å². The molecule has 26 heavy (non-hydrogen) atoms. The van der Waals surface area contributed by atoms with Gasteiger partial charge in [-0.25, -0.2) is 4.39 Å². The van der Waals surface area contributed by atoms with Crippen LogP contribution in [0, 0.1) is 5.82 Å². The summed E-state index contributed by atoms with van der Waals surface area (Å²) in [4.78, 5) is 0. The summed E-state index contributed by atoms with van der Waals surface area (Å²) in [5.74, 6) is -0.836. The number of aliphatic hydroxyl groups is 1. The Bertz CT molecular complexity index is 904. The average Bonchev–Trinajstić information content (AvgIpc) is 3.05. The summed E-state index contributed by atoms with van der Waals surface area (Å²) >= 11 is 0. The molecule has 3 aromatic rings. The Hall–Kier alpha value is -2.87. The molecule has 2 aromatic carbocycles. The second kappa shape index (κ2) is 6.80. The van der Waals surface area contributed by atoms with Gasteiger partial charge in [-0.3, -0.25) is 4.68 Å². The molecule has 4 nitrogen and oxygen atoms in total. The number of alkyl halides is 3. The van der Waals surface area contributed by atoms with E-state index in [1.165, 1.54) is 23.0 Å². The van der Waals surface area contributed by atoms with Gasteiger partial charge in [-0.05, 0) is 36.4 Å². The number of phenolic OH excluding ortho intramolecular Hbond substituents is 1. The van der Waals surface area contributed by atoms with E-state index in [-0.39, 0.29) is 17.9 Å². The molecular formula is C18H14F4N2O2. The van der Waals surface area contributed by atoms with Crippen molar-refractivity contribution >= 4 is 0 Å². The molecule has 8 heteroatoms. The van der Waals surface area contributed by atoms with E-state index in [1.54, 1.807) is 6.07 Å². The molecule has 1 heterocycles. The monoisotopic (exact) mass is 366 g/mol. The normalized spacial score (nSPS) is 13.0. The molecule has 0 saturated carbocycles. The SMILES string of the molecule is Oc1ccc(F)cc1C(O)Cn1ccc(-c2ccc(C(F)(F)F)cc2)n1. The van der Waals surface area contributed by atoms with Gasteiger partial charge >= 0.3 is 6.18 Å². The van der Waals surface area contributed by atoms with E-state index < -0.39 is 23.7 Å². The van der Waals surface area contributed by atoms with Crippen LogP contribution in [0.5, 0.6) is 5.75 Å². The van der Waals surface area contributed by atoms with Crippen LogP contribution >= 0.6 is 0 Å². The van der Waals surface area contributed by atoms with E-state index in [1.807, 2.05) is 0 Å². The number of nitrogens with zero attached hydrogens (tertiary/aromatic N) is 2. The van der Waals surface area contributed by atoms with Gasteiger partial charge in [0.05, 0.1) is 17.8 Å². The Morgan fingerprint density at radius 3 is 2.38 bits per heavy atom. The van der Waals surface area contributed by atoms with Crippen LogP contribution in [-0.4, -0.2) is 20.0 Å². The molecule has 0 bridgehead atoms. The Balaban J connectivity index is 1.76. The number of hydrogen-bond acceptors (Lipinski definition) is 3. The second-order valence-electron chi connectivity index (χ2n) is 5.72. The molecule has 0 fully saturated rings. The molecule has 1 atom stereocenters. The topological polar surface area (TPSA) is 58.3 Å². The van der Waals surface area contributed by atoms with Gasteiger partial charge in [-0.2, -0.15) is 18.3 Å². The van der Waals surface area contributed by atoms with E-state index in [2.05, 4.69) is 5.10 Å². The number of phenols is 1. The highest BCUT2D eigenvalue weighted by molar-refractivity contribution is 5.59. The van der Waals surface area contributed by atoms with Crippen molar-refractivity contribution < 1.29 is 27.8 Å². The van der Waals surface area contributed by atoms with Gasteiger partial charge in [0.25, 0.3) is 0 Å². The predicted octanol–water partition coefficient (Wildman–Crippen LogP) is 4.15. The van der Waals surface area contributed by atoms with Crippen LogP contribution in [0.1, 0.15) is 17.2 Å². The summed E-state index contributed by atoms with van der Waals surface area (Å²) in [5, 5.41) is 24.1.